The summed E-state index contributed by atoms with van der Waals surface area (Å²) in [6.07, 6.45) is -0.305. The Hall–Kier alpha value is -2.28. The first kappa shape index (κ1) is 17.1. The second-order valence-electron chi connectivity index (χ2n) is 6.14. The van der Waals surface area contributed by atoms with Gasteiger partial charge in [0, 0.05) is 29.2 Å². The molecule has 1 aromatic heterocycles. The minimum absolute atomic E-state index is 0.250. The van der Waals surface area contributed by atoms with E-state index in [0.717, 1.165) is 12.1 Å². The molecule has 4 rings (SSSR count). The fourth-order valence-electron chi connectivity index (χ4n) is 3.03. The fraction of sp³-hybridized carbons (Fsp3) is 0.263. The molecule has 0 radical (unpaired) electrons. The summed E-state index contributed by atoms with van der Waals surface area (Å²) >= 11 is 6.01. The lowest BCUT2D eigenvalue weighted by molar-refractivity contribution is -0.0371. The zero-order valence-corrected chi connectivity index (χ0v) is 14.7. The number of nitrogens with zero attached hydrogens (tertiary/aromatic N) is 3. The quantitative estimate of drug-likeness (QED) is 0.689. The van der Waals surface area contributed by atoms with Crippen molar-refractivity contribution < 1.29 is 13.7 Å². The smallest absolute Gasteiger partial charge is 0.241 e. The van der Waals surface area contributed by atoms with Gasteiger partial charge in [0.2, 0.25) is 11.7 Å². The van der Waals surface area contributed by atoms with E-state index in [2.05, 4.69) is 15.0 Å². The SMILES string of the molecule is Fc1ccccc1C1CN(Cc2nc(-c3cccc(Cl)c3)no2)CCO1. The summed E-state index contributed by atoms with van der Waals surface area (Å²) < 4.78 is 25.1. The first-order chi connectivity index (χ1) is 12.7. The number of rotatable bonds is 4. The van der Waals surface area contributed by atoms with Crippen molar-refractivity contribution in [3.05, 3.63) is 70.8 Å². The van der Waals surface area contributed by atoms with Crippen molar-refractivity contribution in [1.29, 1.82) is 0 Å². The van der Waals surface area contributed by atoms with Crippen LogP contribution in [0.1, 0.15) is 17.6 Å². The molecule has 0 amide bonds. The van der Waals surface area contributed by atoms with E-state index in [4.69, 9.17) is 20.9 Å². The topological polar surface area (TPSA) is 51.4 Å². The third-order valence-electron chi connectivity index (χ3n) is 4.31. The van der Waals surface area contributed by atoms with Gasteiger partial charge in [-0.25, -0.2) is 4.39 Å². The molecule has 1 unspecified atom stereocenters. The predicted molar refractivity (Wildman–Crippen MR) is 95.1 cm³/mol. The average Bonchev–Trinajstić information content (AvgIpc) is 3.11. The summed E-state index contributed by atoms with van der Waals surface area (Å²) in [6, 6.07) is 14.0. The second-order valence-corrected chi connectivity index (χ2v) is 6.57. The van der Waals surface area contributed by atoms with Crippen LogP contribution in [0, 0.1) is 5.82 Å². The Labute approximate surface area is 155 Å². The molecule has 5 nitrogen and oxygen atoms in total. The van der Waals surface area contributed by atoms with Gasteiger partial charge in [-0.3, -0.25) is 4.90 Å². The van der Waals surface area contributed by atoms with Gasteiger partial charge >= 0.3 is 0 Å². The summed E-state index contributed by atoms with van der Waals surface area (Å²) in [5.41, 5.74) is 1.38. The molecule has 0 N–H and O–H groups in total. The third-order valence-corrected chi connectivity index (χ3v) is 4.55. The number of halogens is 2. The molecule has 1 atom stereocenters. The molecule has 2 aromatic carbocycles. The minimum atomic E-state index is -0.305. The molecule has 2 heterocycles. The number of hydrogen-bond donors (Lipinski definition) is 0. The summed E-state index contributed by atoms with van der Waals surface area (Å²) in [5.74, 6) is 0.760. The van der Waals surface area contributed by atoms with Crippen molar-refractivity contribution in [1.82, 2.24) is 15.0 Å². The van der Waals surface area contributed by atoms with Crippen molar-refractivity contribution in [2.45, 2.75) is 12.6 Å². The zero-order chi connectivity index (χ0) is 17.9. The highest BCUT2D eigenvalue weighted by Gasteiger charge is 2.25. The lowest BCUT2D eigenvalue weighted by atomic mass is 10.1. The highest BCUT2D eigenvalue weighted by Crippen LogP contribution is 2.26. The van der Waals surface area contributed by atoms with Gasteiger partial charge < -0.3 is 9.26 Å². The Balaban J connectivity index is 1.45. The number of ether oxygens (including phenoxy) is 1. The van der Waals surface area contributed by atoms with Crippen LogP contribution < -0.4 is 0 Å². The normalized spacial score (nSPS) is 18.2. The van der Waals surface area contributed by atoms with E-state index in [1.807, 2.05) is 18.2 Å². The van der Waals surface area contributed by atoms with Gasteiger partial charge in [-0.2, -0.15) is 4.98 Å². The minimum Gasteiger partial charge on any atom is -0.371 e. The number of morpholine rings is 1. The van der Waals surface area contributed by atoms with Crippen LogP contribution in [0.3, 0.4) is 0 Å². The lowest BCUT2D eigenvalue weighted by Gasteiger charge is -2.32. The van der Waals surface area contributed by atoms with Gasteiger partial charge in [0.25, 0.3) is 0 Å². The van der Waals surface area contributed by atoms with Crippen LogP contribution in [0.5, 0.6) is 0 Å². The van der Waals surface area contributed by atoms with Gasteiger partial charge in [-0.15, -0.1) is 0 Å². The van der Waals surface area contributed by atoms with Crippen molar-refractivity contribution in [3.8, 4) is 11.4 Å². The Morgan fingerprint density at radius 3 is 2.92 bits per heavy atom. The van der Waals surface area contributed by atoms with Crippen LogP contribution >= 0.6 is 11.6 Å². The molecule has 1 aliphatic rings. The van der Waals surface area contributed by atoms with E-state index in [-0.39, 0.29) is 11.9 Å². The first-order valence-electron chi connectivity index (χ1n) is 8.36. The van der Waals surface area contributed by atoms with Crippen molar-refractivity contribution >= 4 is 11.6 Å². The second kappa shape index (κ2) is 7.53. The molecule has 1 aliphatic heterocycles. The van der Waals surface area contributed by atoms with Crippen LogP contribution in [0.15, 0.2) is 53.1 Å². The van der Waals surface area contributed by atoms with Crippen LogP contribution in [-0.2, 0) is 11.3 Å². The molecular weight excluding hydrogens is 357 g/mol. The zero-order valence-electron chi connectivity index (χ0n) is 13.9. The van der Waals surface area contributed by atoms with E-state index >= 15 is 0 Å². The van der Waals surface area contributed by atoms with Crippen LogP contribution in [0.4, 0.5) is 4.39 Å². The predicted octanol–water partition coefficient (Wildman–Crippen LogP) is 4.10. The number of hydrogen-bond acceptors (Lipinski definition) is 5. The van der Waals surface area contributed by atoms with Gasteiger partial charge in [0.15, 0.2) is 0 Å². The Bertz CT molecular complexity index is 902. The van der Waals surface area contributed by atoms with Gasteiger partial charge in [0.05, 0.1) is 19.3 Å². The largest absolute Gasteiger partial charge is 0.371 e. The van der Waals surface area contributed by atoms with Crippen molar-refractivity contribution in [3.63, 3.8) is 0 Å². The maximum Gasteiger partial charge on any atom is 0.241 e. The van der Waals surface area contributed by atoms with Crippen molar-refractivity contribution in [2.75, 3.05) is 19.7 Å². The molecule has 0 spiro atoms. The molecule has 0 aliphatic carbocycles. The molecule has 7 heteroatoms. The molecule has 26 heavy (non-hydrogen) atoms. The summed E-state index contributed by atoms with van der Waals surface area (Å²) in [4.78, 5) is 6.56. The van der Waals surface area contributed by atoms with E-state index in [1.165, 1.54) is 6.07 Å². The molecule has 3 aromatic rings. The van der Waals surface area contributed by atoms with Crippen molar-refractivity contribution in [2.24, 2.45) is 0 Å². The summed E-state index contributed by atoms with van der Waals surface area (Å²) in [6.45, 7) is 2.30. The Morgan fingerprint density at radius 2 is 2.08 bits per heavy atom. The van der Waals surface area contributed by atoms with Crippen LogP contribution in [-0.4, -0.2) is 34.7 Å². The maximum absolute atomic E-state index is 14.0. The standard InChI is InChI=1S/C19H17ClFN3O2/c20-14-5-3-4-13(10-14)19-22-18(26-23-19)12-24-8-9-25-17(11-24)15-6-1-2-7-16(15)21/h1-7,10,17H,8-9,11-12H2. The summed E-state index contributed by atoms with van der Waals surface area (Å²) in [5, 5.41) is 4.64. The molecule has 0 saturated carbocycles. The summed E-state index contributed by atoms with van der Waals surface area (Å²) in [7, 11) is 0. The molecule has 0 bridgehead atoms. The molecule has 134 valence electrons. The number of benzene rings is 2. The van der Waals surface area contributed by atoms with E-state index in [9.17, 15) is 4.39 Å². The average molecular weight is 374 g/mol. The number of aromatic nitrogens is 2. The third kappa shape index (κ3) is 3.77. The fourth-order valence-corrected chi connectivity index (χ4v) is 3.22. The highest BCUT2D eigenvalue weighted by atomic mass is 35.5. The van der Waals surface area contributed by atoms with E-state index in [1.54, 1.807) is 24.3 Å². The van der Waals surface area contributed by atoms with Crippen LogP contribution in [0.25, 0.3) is 11.4 Å². The molecular formula is C19H17ClFN3O2. The van der Waals surface area contributed by atoms with Gasteiger partial charge in [-0.1, -0.05) is 47.1 Å². The molecule has 1 fully saturated rings. The Kier molecular flexibility index (Phi) is 4.97. The van der Waals surface area contributed by atoms with Gasteiger partial charge in [0.1, 0.15) is 5.82 Å². The van der Waals surface area contributed by atoms with E-state index < -0.39 is 0 Å². The first-order valence-corrected chi connectivity index (χ1v) is 8.74. The van der Waals surface area contributed by atoms with Gasteiger partial charge in [-0.05, 0) is 18.2 Å². The van der Waals surface area contributed by atoms with E-state index in [0.29, 0.717) is 42.0 Å². The lowest BCUT2D eigenvalue weighted by Crippen LogP contribution is -2.38. The maximum atomic E-state index is 14.0. The molecule has 1 saturated heterocycles. The Morgan fingerprint density at radius 1 is 1.19 bits per heavy atom. The monoisotopic (exact) mass is 373 g/mol. The van der Waals surface area contributed by atoms with Crippen LogP contribution in [0.2, 0.25) is 5.02 Å². The highest BCUT2D eigenvalue weighted by molar-refractivity contribution is 6.30.